The molecule has 0 bridgehead atoms. The van der Waals surface area contributed by atoms with Gasteiger partial charge in [-0.1, -0.05) is 30.3 Å². The molecule has 0 amide bonds. The van der Waals surface area contributed by atoms with Gasteiger partial charge in [-0.15, -0.1) is 0 Å². The number of hydrogen-bond acceptors (Lipinski definition) is 2. The molecule has 0 unspecified atom stereocenters. The molecule has 3 rings (SSSR count). The summed E-state index contributed by atoms with van der Waals surface area (Å²) in [6.45, 7) is 7.60. The second kappa shape index (κ2) is 6.47. The van der Waals surface area contributed by atoms with Crippen LogP contribution in [0.1, 0.15) is 36.6 Å². The molecule has 0 aliphatic carbocycles. The van der Waals surface area contributed by atoms with Crippen molar-refractivity contribution in [1.82, 2.24) is 4.57 Å². The highest BCUT2D eigenvalue weighted by atomic mass is 16.5. The van der Waals surface area contributed by atoms with Crippen LogP contribution in [0, 0.1) is 6.92 Å². The number of aromatic nitrogens is 1. The number of hydrogen-bond donors (Lipinski definition) is 1. The van der Waals surface area contributed by atoms with E-state index in [0.717, 1.165) is 16.9 Å². The summed E-state index contributed by atoms with van der Waals surface area (Å²) in [4.78, 5) is 0. The van der Waals surface area contributed by atoms with E-state index in [1.807, 2.05) is 18.2 Å². The fourth-order valence-electron chi connectivity index (χ4n) is 2.91. The van der Waals surface area contributed by atoms with E-state index in [1.54, 1.807) is 0 Å². The highest BCUT2D eigenvalue weighted by Crippen LogP contribution is 2.27. The molecular weight excluding hydrogens is 284 g/mol. The van der Waals surface area contributed by atoms with Crippen molar-refractivity contribution >= 4 is 10.9 Å². The van der Waals surface area contributed by atoms with Gasteiger partial charge in [0, 0.05) is 35.2 Å². The van der Waals surface area contributed by atoms with E-state index in [1.165, 1.54) is 16.5 Å². The molecule has 0 radical (unpaired) electrons. The fourth-order valence-corrected chi connectivity index (χ4v) is 2.91. The zero-order valence-electron chi connectivity index (χ0n) is 14.0. The number of rotatable bonds is 5. The SMILES string of the molecule is Cc1ccccc1OCc1cn(C(C)C)c2cc(CN)ccc12. The monoisotopic (exact) mass is 308 g/mol. The Morgan fingerprint density at radius 2 is 1.91 bits per heavy atom. The Kier molecular flexibility index (Phi) is 4.39. The van der Waals surface area contributed by atoms with Gasteiger partial charge in [-0.05, 0) is 44.0 Å². The first-order valence-electron chi connectivity index (χ1n) is 8.11. The summed E-state index contributed by atoms with van der Waals surface area (Å²) in [5, 5.41) is 1.24. The van der Waals surface area contributed by atoms with E-state index in [4.69, 9.17) is 10.5 Å². The maximum Gasteiger partial charge on any atom is 0.122 e. The standard InChI is InChI=1S/C20H24N2O/c1-14(2)22-12-17(13-23-20-7-5-4-6-15(20)3)18-9-8-16(11-21)10-19(18)22/h4-10,12,14H,11,13,21H2,1-3H3. The lowest BCUT2D eigenvalue weighted by Gasteiger charge is -2.09. The van der Waals surface area contributed by atoms with Crippen LogP contribution < -0.4 is 10.5 Å². The molecule has 0 saturated heterocycles. The maximum atomic E-state index is 6.04. The normalized spacial score (nSPS) is 11.3. The quantitative estimate of drug-likeness (QED) is 0.750. The smallest absolute Gasteiger partial charge is 0.122 e. The van der Waals surface area contributed by atoms with Crippen LogP contribution in [-0.2, 0) is 13.2 Å². The Morgan fingerprint density at radius 1 is 1.13 bits per heavy atom. The van der Waals surface area contributed by atoms with E-state index in [0.29, 0.717) is 19.2 Å². The molecule has 0 aliphatic rings. The average molecular weight is 308 g/mol. The fraction of sp³-hybridized carbons (Fsp3) is 0.300. The van der Waals surface area contributed by atoms with Gasteiger partial charge >= 0.3 is 0 Å². The van der Waals surface area contributed by atoms with Crippen LogP contribution in [0.25, 0.3) is 10.9 Å². The predicted octanol–water partition coefficient (Wildman–Crippen LogP) is 4.57. The van der Waals surface area contributed by atoms with Crippen molar-refractivity contribution in [3.63, 3.8) is 0 Å². The molecule has 0 spiro atoms. The Hall–Kier alpha value is -2.26. The lowest BCUT2D eigenvalue weighted by atomic mass is 10.1. The summed E-state index contributed by atoms with van der Waals surface area (Å²) in [5.41, 5.74) is 10.5. The number of benzene rings is 2. The van der Waals surface area contributed by atoms with Gasteiger partial charge in [0.1, 0.15) is 12.4 Å². The molecule has 1 heterocycles. The lowest BCUT2D eigenvalue weighted by molar-refractivity contribution is 0.305. The molecule has 23 heavy (non-hydrogen) atoms. The van der Waals surface area contributed by atoms with Crippen molar-refractivity contribution in [2.45, 2.75) is 40.0 Å². The largest absolute Gasteiger partial charge is 0.489 e. The van der Waals surface area contributed by atoms with Gasteiger partial charge in [0.05, 0.1) is 0 Å². The first-order chi connectivity index (χ1) is 11.1. The minimum Gasteiger partial charge on any atom is -0.489 e. The van der Waals surface area contributed by atoms with Gasteiger partial charge in [-0.25, -0.2) is 0 Å². The van der Waals surface area contributed by atoms with Crippen molar-refractivity contribution < 1.29 is 4.74 Å². The Bertz CT molecular complexity index is 818. The predicted molar refractivity (Wildman–Crippen MR) is 95.7 cm³/mol. The van der Waals surface area contributed by atoms with E-state index in [9.17, 15) is 0 Å². The van der Waals surface area contributed by atoms with Crippen LogP contribution in [0.2, 0.25) is 0 Å². The topological polar surface area (TPSA) is 40.2 Å². The highest BCUT2D eigenvalue weighted by molar-refractivity contribution is 5.84. The number of para-hydroxylation sites is 1. The second-order valence-corrected chi connectivity index (χ2v) is 6.27. The van der Waals surface area contributed by atoms with Crippen LogP contribution in [0.15, 0.2) is 48.7 Å². The average Bonchev–Trinajstić information content (AvgIpc) is 2.92. The van der Waals surface area contributed by atoms with Gasteiger partial charge in [0.2, 0.25) is 0 Å². The highest BCUT2D eigenvalue weighted by Gasteiger charge is 2.12. The molecule has 3 heteroatoms. The van der Waals surface area contributed by atoms with Crippen LogP contribution in [0.4, 0.5) is 0 Å². The molecule has 120 valence electrons. The summed E-state index contributed by atoms with van der Waals surface area (Å²) >= 11 is 0. The van der Waals surface area contributed by atoms with Crippen molar-refractivity contribution in [3.8, 4) is 5.75 Å². The third-order valence-corrected chi connectivity index (χ3v) is 4.25. The van der Waals surface area contributed by atoms with Gasteiger partial charge in [-0.2, -0.15) is 0 Å². The summed E-state index contributed by atoms with van der Waals surface area (Å²) < 4.78 is 8.34. The molecule has 0 aliphatic heterocycles. The van der Waals surface area contributed by atoms with Gasteiger partial charge < -0.3 is 15.0 Å². The molecule has 2 N–H and O–H groups in total. The van der Waals surface area contributed by atoms with Crippen LogP contribution in [0.5, 0.6) is 5.75 Å². The van der Waals surface area contributed by atoms with Gasteiger partial charge in [0.25, 0.3) is 0 Å². The molecule has 3 aromatic rings. The third kappa shape index (κ3) is 3.10. The minimum atomic E-state index is 0.401. The molecule has 3 nitrogen and oxygen atoms in total. The molecule has 0 fully saturated rings. The van der Waals surface area contributed by atoms with E-state index < -0.39 is 0 Å². The summed E-state index contributed by atoms with van der Waals surface area (Å²) in [7, 11) is 0. The summed E-state index contributed by atoms with van der Waals surface area (Å²) in [5.74, 6) is 0.941. The number of fused-ring (bicyclic) bond motifs is 1. The molecule has 0 atom stereocenters. The van der Waals surface area contributed by atoms with E-state index >= 15 is 0 Å². The first kappa shape index (κ1) is 15.6. The molecule has 2 aromatic carbocycles. The molecule has 1 aromatic heterocycles. The van der Waals surface area contributed by atoms with Crippen LogP contribution in [-0.4, -0.2) is 4.57 Å². The number of ether oxygens (including phenoxy) is 1. The summed E-state index contributed by atoms with van der Waals surface area (Å²) in [6.07, 6.45) is 2.20. The van der Waals surface area contributed by atoms with Crippen molar-refractivity contribution in [1.29, 1.82) is 0 Å². The van der Waals surface area contributed by atoms with Crippen molar-refractivity contribution in [2.75, 3.05) is 0 Å². The zero-order valence-corrected chi connectivity index (χ0v) is 14.0. The van der Waals surface area contributed by atoms with E-state index in [2.05, 4.69) is 55.8 Å². The lowest BCUT2D eigenvalue weighted by Crippen LogP contribution is -2.00. The first-order valence-corrected chi connectivity index (χ1v) is 8.11. The van der Waals surface area contributed by atoms with Gasteiger partial charge in [0.15, 0.2) is 0 Å². The Labute approximate surface area is 137 Å². The Morgan fingerprint density at radius 3 is 2.61 bits per heavy atom. The number of aryl methyl sites for hydroxylation is 1. The summed E-state index contributed by atoms with van der Waals surface area (Å²) in [6, 6.07) is 15.0. The van der Waals surface area contributed by atoms with E-state index in [-0.39, 0.29) is 0 Å². The third-order valence-electron chi connectivity index (χ3n) is 4.25. The minimum absolute atomic E-state index is 0.401. The van der Waals surface area contributed by atoms with Crippen molar-refractivity contribution in [2.24, 2.45) is 5.73 Å². The number of nitrogens with zero attached hydrogens (tertiary/aromatic N) is 1. The zero-order chi connectivity index (χ0) is 16.4. The second-order valence-electron chi connectivity index (χ2n) is 6.27. The Balaban J connectivity index is 1.96. The molecular formula is C20H24N2O. The number of nitrogens with two attached hydrogens (primary N) is 1. The van der Waals surface area contributed by atoms with Crippen LogP contribution in [0.3, 0.4) is 0 Å². The molecule has 0 saturated carbocycles. The van der Waals surface area contributed by atoms with Crippen LogP contribution >= 0.6 is 0 Å². The van der Waals surface area contributed by atoms with Gasteiger partial charge in [-0.3, -0.25) is 0 Å². The van der Waals surface area contributed by atoms with Crippen molar-refractivity contribution in [3.05, 3.63) is 65.4 Å². The maximum absolute atomic E-state index is 6.04.